The molecule has 1 aromatic carbocycles. The van der Waals surface area contributed by atoms with Gasteiger partial charge in [0.05, 0.1) is 11.4 Å². The van der Waals surface area contributed by atoms with Gasteiger partial charge in [0, 0.05) is 24.2 Å². The normalized spacial score (nSPS) is 11.7. The maximum Gasteiger partial charge on any atom is 0.222 e. The van der Waals surface area contributed by atoms with E-state index in [1.54, 1.807) is 6.20 Å². The van der Waals surface area contributed by atoms with Gasteiger partial charge >= 0.3 is 0 Å². The Morgan fingerprint density at radius 2 is 1.97 bits per heavy atom. The first-order valence-electron chi connectivity index (χ1n) is 9.59. The van der Waals surface area contributed by atoms with Crippen LogP contribution in [0.3, 0.4) is 0 Å². The quantitative estimate of drug-likeness (QED) is 0.490. The standard InChI is InChI=1S/C21H27N5O2.H2S/c1-3-6-16(10-12-27)25-20-19(14(2)24-21(22)26-20)28-13-18-17-8-5-4-7-15(17)9-11-23-18;/h4-5,7-9,11,16,27H,3,6,10,12-13H2,1-2H3,(H3,22,24,25,26);1H2/t16-;/m0./s1. The molecule has 0 bridgehead atoms. The number of nitrogens with one attached hydrogen (secondary N) is 1. The second-order valence-electron chi connectivity index (χ2n) is 6.75. The molecular weight excluding hydrogens is 386 g/mol. The number of aromatic nitrogens is 3. The topological polar surface area (TPSA) is 106 Å². The van der Waals surface area contributed by atoms with Crippen LogP contribution in [0.25, 0.3) is 10.8 Å². The van der Waals surface area contributed by atoms with E-state index in [9.17, 15) is 5.11 Å². The average Bonchev–Trinajstić information content (AvgIpc) is 2.67. The van der Waals surface area contributed by atoms with Crippen LogP contribution in [0.15, 0.2) is 36.5 Å². The van der Waals surface area contributed by atoms with Crippen LogP contribution in [0.1, 0.15) is 37.6 Å². The summed E-state index contributed by atoms with van der Waals surface area (Å²) in [6.07, 6.45) is 4.31. The number of aryl methyl sites for hydroxylation is 1. The van der Waals surface area contributed by atoms with Crippen molar-refractivity contribution in [1.29, 1.82) is 0 Å². The Labute approximate surface area is 178 Å². The molecule has 0 fully saturated rings. The second-order valence-corrected chi connectivity index (χ2v) is 6.75. The number of anilines is 2. The number of aliphatic hydroxyl groups is 1. The van der Waals surface area contributed by atoms with E-state index in [1.165, 1.54) is 0 Å². The minimum absolute atomic E-state index is 0. The van der Waals surface area contributed by atoms with Crippen LogP contribution in [0.2, 0.25) is 0 Å². The highest BCUT2D eigenvalue weighted by Gasteiger charge is 2.17. The second kappa shape index (κ2) is 10.8. The van der Waals surface area contributed by atoms with E-state index < -0.39 is 0 Å². The van der Waals surface area contributed by atoms with Gasteiger partial charge in [-0.2, -0.15) is 18.5 Å². The summed E-state index contributed by atoms with van der Waals surface area (Å²) in [6, 6.07) is 10.1. The summed E-state index contributed by atoms with van der Waals surface area (Å²) < 4.78 is 6.11. The number of hydrogen-bond acceptors (Lipinski definition) is 7. The number of hydrogen-bond donors (Lipinski definition) is 3. The predicted molar refractivity (Wildman–Crippen MR) is 122 cm³/mol. The van der Waals surface area contributed by atoms with Crippen molar-refractivity contribution >= 4 is 36.0 Å². The van der Waals surface area contributed by atoms with Gasteiger partial charge in [-0.05, 0) is 31.2 Å². The molecule has 7 nitrogen and oxygen atoms in total. The summed E-state index contributed by atoms with van der Waals surface area (Å²) in [4.78, 5) is 13.1. The zero-order valence-electron chi connectivity index (χ0n) is 16.9. The van der Waals surface area contributed by atoms with Crippen LogP contribution in [-0.2, 0) is 6.61 Å². The molecule has 2 aromatic heterocycles. The molecule has 2 heterocycles. The highest BCUT2D eigenvalue weighted by atomic mass is 32.1. The van der Waals surface area contributed by atoms with Gasteiger partial charge in [0.2, 0.25) is 5.95 Å². The summed E-state index contributed by atoms with van der Waals surface area (Å²) in [6.45, 7) is 4.35. The van der Waals surface area contributed by atoms with Gasteiger partial charge in [0.15, 0.2) is 11.6 Å². The number of ether oxygens (including phenoxy) is 1. The Balaban J connectivity index is 0.00000300. The molecule has 1 atom stereocenters. The van der Waals surface area contributed by atoms with Crippen molar-refractivity contribution in [2.75, 3.05) is 17.7 Å². The number of nitrogens with two attached hydrogens (primary N) is 1. The summed E-state index contributed by atoms with van der Waals surface area (Å²) in [5, 5.41) is 14.9. The van der Waals surface area contributed by atoms with Crippen molar-refractivity contribution in [2.45, 2.75) is 45.8 Å². The predicted octanol–water partition coefficient (Wildman–Crippen LogP) is 3.57. The molecule has 0 spiro atoms. The van der Waals surface area contributed by atoms with E-state index in [1.807, 2.05) is 31.2 Å². The molecule has 8 heteroatoms. The minimum atomic E-state index is 0. The smallest absolute Gasteiger partial charge is 0.222 e. The average molecular weight is 416 g/mol. The van der Waals surface area contributed by atoms with Crippen LogP contribution in [0, 0.1) is 6.92 Å². The van der Waals surface area contributed by atoms with Crippen molar-refractivity contribution in [1.82, 2.24) is 15.0 Å². The number of rotatable bonds is 9. The Morgan fingerprint density at radius 3 is 2.72 bits per heavy atom. The Bertz CT molecular complexity index is 927. The molecule has 0 saturated heterocycles. The third kappa shape index (κ3) is 5.71. The lowest BCUT2D eigenvalue weighted by molar-refractivity contribution is 0.275. The van der Waals surface area contributed by atoms with Crippen molar-refractivity contribution in [3.63, 3.8) is 0 Å². The Morgan fingerprint density at radius 1 is 1.17 bits per heavy atom. The number of aliphatic hydroxyl groups excluding tert-OH is 1. The van der Waals surface area contributed by atoms with Gasteiger partial charge in [0.25, 0.3) is 0 Å². The maximum absolute atomic E-state index is 9.34. The fraction of sp³-hybridized carbons (Fsp3) is 0.381. The highest BCUT2D eigenvalue weighted by Crippen LogP contribution is 2.29. The lowest BCUT2D eigenvalue weighted by Gasteiger charge is -2.21. The van der Waals surface area contributed by atoms with Gasteiger partial charge in [-0.25, -0.2) is 4.98 Å². The minimum Gasteiger partial charge on any atom is -0.481 e. The molecule has 0 unspecified atom stereocenters. The van der Waals surface area contributed by atoms with Gasteiger partial charge < -0.3 is 20.9 Å². The molecule has 4 N–H and O–H groups in total. The first-order valence-corrected chi connectivity index (χ1v) is 9.59. The van der Waals surface area contributed by atoms with E-state index in [0.717, 1.165) is 29.3 Å². The fourth-order valence-electron chi connectivity index (χ4n) is 3.28. The summed E-state index contributed by atoms with van der Waals surface area (Å²) in [5.41, 5.74) is 7.36. The third-order valence-corrected chi connectivity index (χ3v) is 4.62. The molecular formula is C21H29N5O2S. The molecule has 3 aromatic rings. The van der Waals surface area contributed by atoms with Crippen LogP contribution in [0.5, 0.6) is 5.75 Å². The lowest BCUT2D eigenvalue weighted by atomic mass is 10.1. The molecule has 156 valence electrons. The molecule has 0 aliphatic carbocycles. The number of pyridine rings is 1. The monoisotopic (exact) mass is 415 g/mol. The molecule has 0 aliphatic heterocycles. The number of benzene rings is 1. The number of fused-ring (bicyclic) bond motifs is 1. The molecule has 3 rings (SSSR count). The third-order valence-electron chi connectivity index (χ3n) is 4.62. The van der Waals surface area contributed by atoms with E-state index in [4.69, 9.17) is 10.5 Å². The highest BCUT2D eigenvalue weighted by molar-refractivity contribution is 7.59. The summed E-state index contributed by atoms with van der Waals surface area (Å²) in [7, 11) is 0. The van der Waals surface area contributed by atoms with Crippen LogP contribution in [-0.4, -0.2) is 32.7 Å². The van der Waals surface area contributed by atoms with Gasteiger partial charge in [-0.3, -0.25) is 4.98 Å². The Kier molecular flexibility index (Phi) is 8.48. The van der Waals surface area contributed by atoms with Gasteiger partial charge in [-0.15, -0.1) is 0 Å². The number of nitrogen functional groups attached to an aromatic ring is 1. The Hall–Kier alpha value is -2.58. The van der Waals surface area contributed by atoms with Crippen molar-refractivity contribution in [3.05, 3.63) is 47.9 Å². The van der Waals surface area contributed by atoms with Crippen LogP contribution >= 0.6 is 13.5 Å². The van der Waals surface area contributed by atoms with Crippen molar-refractivity contribution in [3.8, 4) is 5.75 Å². The summed E-state index contributed by atoms with van der Waals surface area (Å²) in [5.74, 6) is 1.30. The zero-order chi connectivity index (χ0) is 19.9. The van der Waals surface area contributed by atoms with E-state index in [2.05, 4.69) is 33.3 Å². The van der Waals surface area contributed by atoms with Crippen LogP contribution in [0.4, 0.5) is 11.8 Å². The largest absolute Gasteiger partial charge is 0.481 e. The van der Waals surface area contributed by atoms with Gasteiger partial charge in [0.1, 0.15) is 6.61 Å². The fourth-order valence-corrected chi connectivity index (χ4v) is 3.28. The maximum atomic E-state index is 9.34. The molecule has 0 radical (unpaired) electrons. The molecule has 29 heavy (non-hydrogen) atoms. The molecule has 0 aliphatic rings. The van der Waals surface area contributed by atoms with Crippen molar-refractivity contribution < 1.29 is 9.84 Å². The SMILES string of the molecule is CCC[C@@H](CCO)Nc1nc(N)nc(C)c1OCc1nccc2ccccc12.S. The molecule has 0 saturated carbocycles. The zero-order valence-corrected chi connectivity index (χ0v) is 17.9. The van der Waals surface area contributed by atoms with Crippen molar-refractivity contribution in [2.24, 2.45) is 0 Å². The molecule has 0 amide bonds. The first-order chi connectivity index (χ1) is 13.6. The van der Waals surface area contributed by atoms with E-state index in [-0.39, 0.29) is 32.1 Å². The first kappa shape index (κ1) is 22.7. The lowest BCUT2D eigenvalue weighted by Crippen LogP contribution is -2.22. The number of nitrogens with zero attached hydrogens (tertiary/aromatic N) is 3. The summed E-state index contributed by atoms with van der Waals surface area (Å²) >= 11 is 0. The van der Waals surface area contributed by atoms with Gasteiger partial charge in [-0.1, -0.05) is 37.6 Å². The van der Waals surface area contributed by atoms with E-state index >= 15 is 0 Å². The van der Waals surface area contributed by atoms with E-state index in [0.29, 0.717) is 30.3 Å². The van der Waals surface area contributed by atoms with Crippen LogP contribution < -0.4 is 15.8 Å².